The number of halogens is 1. The second-order valence-electron chi connectivity index (χ2n) is 7.72. The minimum atomic E-state index is -0.282. The van der Waals surface area contributed by atoms with Gasteiger partial charge in [-0.15, -0.1) is 0 Å². The number of benzene rings is 2. The number of urea groups is 1. The molecule has 4 N–H and O–H groups in total. The van der Waals surface area contributed by atoms with Gasteiger partial charge in [-0.1, -0.05) is 29.8 Å². The van der Waals surface area contributed by atoms with E-state index >= 15 is 0 Å². The minimum Gasteiger partial charge on any atom is -0.371 e. The van der Waals surface area contributed by atoms with E-state index in [-0.39, 0.29) is 6.03 Å². The predicted octanol–water partition coefficient (Wildman–Crippen LogP) is 5.13. The van der Waals surface area contributed by atoms with Gasteiger partial charge in [0.05, 0.1) is 11.8 Å². The lowest BCUT2D eigenvalue weighted by molar-refractivity contribution is 0.251. The van der Waals surface area contributed by atoms with Crippen LogP contribution in [0.1, 0.15) is 5.56 Å². The second kappa shape index (κ2) is 8.48. The highest BCUT2D eigenvalue weighted by Crippen LogP contribution is 2.31. The maximum atomic E-state index is 12.3. The molecule has 5 rings (SSSR count). The number of hydrogen-bond acceptors (Lipinski definition) is 4. The summed E-state index contributed by atoms with van der Waals surface area (Å²) in [5.41, 5.74) is 6.25. The summed E-state index contributed by atoms with van der Waals surface area (Å²) in [5.74, 6) is 0.733. The van der Waals surface area contributed by atoms with Gasteiger partial charge in [0.1, 0.15) is 11.2 Å². The molecule has 5 aromatic rings. The normalized spacial score (nSPS) is 11.1. The number of nitrogens with zero attached hydrogens (tertiary/aromatic N) is 3. The van der Waals surface area contributed by atoms with Crippen molar-refractivity contribution in [3.63, 3.8) is 0 Å². The van der Waals surface area contributed by atoms with E-state index < -0.39 is 0 Å². The van der Waals surface area contributed by atoms with Gasteiger partial charge in [0.25, 0.3) is 0 Å². The summed E-state index contributed by atoms with van der Waals surface area (Å²) in [6.45, 7) is 0.390. The number of carbonyl (C=O) groups is 1. The molecule has 166 valence electrons. The van der Waals surface area contributed by atoms with E-state index in [1.165, 1.54) is 0 Å². The number of aromatic nitrogens is 4. The van der Waals surface area contributed by atoms with E-state index in [1.807, 2.05) is 42.9 Å². The largest absolute Gasteiger partial charge is 0.371 e. The SMILES string of the molecule is CNc1nc2[nH]c(-c3cccc(CNC(=O)Nc4ccc(Cl)cc4)c3)cc2c2c1ncn2C. The number of pyridine rings is 1. The molecule has 0 atom stereocenters. The molecule has 2 aromatic carbocycles. The van der Waals surface area contributed by atoms with E-state index in [0.717, 1.165) is 44.7 Å². The zero-order chi connectivity index (χ0) is 22.9. The van der Waals surface area contributed by atoms with Crippen LogP contribution in [-0.4, -0.2) is 32.6 Å². The zero-order valence-electron chi connectivity index (χ0n) is 18.1. The van der Waals surface area contributed by atoms with Crippen LogP contribution < -0.4 is 16.0 Å². The van der Waals surface area contributed by atoms with Gasteiger partial charge in [0.2, 0.25) is 0 Å². The van der Waals surface area contributed by atoms with E-state index in [0.29, 0.717) is 17.3 Å². The Morgan fingerprint density at radius 3 is 2.76 bits per heavy atom. The average Bonchev–Trinajstić information content (AvgIpc) is 3.42. The Morgan fingerprint density at radius 1 is 1.15 bits per heavy atom. The first-order valence-electron chi connectivity index (χ1n) is 10.4. The van der Waals surface area contributed by atoms with Crippen molar-refractivity contribution in [1.82, 2.24) is 24.8 Å². The van der Waals surface area contributed by atoms with Crippen molar-refractivity contribution in [2.45, 2.75) is 6.54 Å². The minimum absolute atomic E-state index is 0.282. The van der Waals surface area contributed by atoms with Crippen molar-refractivity contribution in [3.8, 4) is 11.3 Å². The summed E-state index contributed by atoms with van der Waals surface area (Å²) >= 11 is 5.88. The molecule has 33 heavy (non-hydrogen) atoms. The van der Waals surface area contributed by atoms with E-state index in [9.17, 15) is 4.79 Å². The number of carbonyl (C=O) groups excluding carboxylic acids is 1. The van der Waals surface area contributed by atoms with Gasteiger partial charge in [-0.3, -0.25) is 0 Å². The van der Waals surface area contributed by atoms with Crippen LogP contribution in [-0.2, 0) is 13.6 Å². The number of aryl methyl sites for hydroxylation is 1. The summed E-state index contributed by atoms with van der Waals surface area (Å²) in [6.07, 6.45) is 1.79. The summed E-state index contributed by atoms with van der Waals surface area (Å²) in [7, 11) is 3.81. The van der Waals surface area contributed by atoms with Crippen LogP contribution in [0.25, 0.3) is 33.3 Å². The molecule has 0 aliphatic rings. The second-order valence-corrected chi connectivity index (χ2v) is 8.16. The number of fused-ring (bicyclic) bond motifs is 3. The lowest BCUT2D eigenvalue weighted by Crippen LogP contribution is -2.28. The fourth-order valence-electron chi connectivity index (χ4n) is 3.87. The van der Waals surface area contributed by atoms with E-state index in [4.69, 9.17) is 16.6 Å². The number of anilines is 2. The molecule has 0 bridgehead atoms. The summed E-state index contributed by atoms with van der Waals surface area (Å²) in [6, 6.07) is 16.8. The number of rotatable bonds is 5. The first-order chi connectivity index (χ1) is 16.0. The standard InChI is InChI=1S/C24H22ClN7O/c1-26-23-20-21(32(2)13-28-20)18-11-19(30-22(18)31-23)15-5-3-4-14(10-15)12-27-24(33)29-17-8-6-16(25)7-9-17/h3-11,13H,12H2,1-2H3,(H2,26,30,31)(H2,27,29,33). The lowest BCUT2D eigenvalue weighted by atomic mass is 10.1. The molecule has 0 saturated carbocycles. The van der Waals surface area contributed by atoms with Gasteiger partial charge in [0, 0.05) is 42.4 Å². The van der Waals surface area contributed by atoms with Crippen molar-refractivity contribution in [1.29, 1.82) is 0 Å². The quantitative estimate of drug-likeness (QED) is 0.292. The van der Waals surface area contributed by atoms with E-state index in [2.05, 4.69) is 32.0 Å². The van der Waals surface area contributed by atoms with Crippen LogP contribution in [0.4, 0.5) is 16.3 Å². The van der Waals surface area contributed by atoms with Gasteiger partial charge in [-0.25, -0.2) is 14.8 Å². The average molecular weight is 460 g/mol. The number of aromatic amines is 1. The number of amides is 2. The molecule has 3 aromatic heterocycles. The van der Waals surface area contributed by atoms with Gasteiger partial charge in [-0.05, 0) is 47.5 Å². The smallest absolute Gasteiger partial charge is 0.319 e. The van der Waals surface area contributed by atoms with E-state index in [1.54, 1.807) is 30.6 Å². The number of hydrogen-bond donors (Lipinski definition) is 4. The monoisotopic (exact) mass is 459 g/mol. The van der Waals surface area contributed by atoms with Crippen molar-refractivity contribution >= 4 is 51.2 Å². The molecule has 8 nitrogen and oxygen atoms in total. The third kappa shape index (κ3) is 4.08. The third-order valence-corrected chi connectivity index (χ3v) is 5.72. The van der Waals surface area contributed by atoms with Crippen molar-refractivity contribution < 1.29 is 4.79 Å². The molecule has 0 saturated heterocycles. The lowest BCUT2D eigenvalue weighted by Gasteiger charge is -2.09. The highest BCUT2D eigenvalue weighted by atomic mass is 35.5. The number of nitrogens with one attached hydrogen (secondary N) is 4. The van der Waals surface area contributed by atoms with Crippen LogP contribution in [0, 0.1) is 0 Å². The Kier molecular flexibility index (Phi) is 5.35. The van der Waals surface area contributed by atoms with Gasteiger partial charge in [0.15, 0.2) is 5.82 Å². The Bertz CT molecular complexity index is 1470. The Labute approximate surface area is 195 Å². The van der Waals surface area contributed by atoms with Crippen LogP contribution in [0.2, 0.25) is 5.02 Å². The van der Waals surface area contributed by atoms with Gasteiger partial charge < -0.3 is 25.5 Å². The molecule has 0 unspecified atom stereocenters. The van der Waals surface area contributed by atoms with Crippen LogP contribution in [0.5, 0.6) is 0 Å². The Balaban J connectivity index is 1.37. The molecule has 0 aliphatic carbocycles. The molecule has 0 radical (unpaired) electrons. The van der Waals surface area contributed by atoms with Crippen molar-refractivity contribution in [3.05, 3.63) is 71.5 Å². The first kappa shape index (κ1) is 20.8. The molecular weight excluding hydrogens is 438 g/mol. The van der Waals surface area contributed by atoms with Crippen LogP contribution >= 0.6 is 11.6 Å². The summed E-state index contributed by atoms with van der Waals surface area (Å²) in [4.78, 5) is 24.8. The van der Waals surface area contributed by atoms with Gasteiger partial charge >= 0.3 is 6.03 Å². The maximum Gasteiger partial charge on any atom is 0.319 e. The molecule has 0 spiro atoms. The fraction of sp³-hybridized carbons (Fsp3) is 0.125. The highest BCUT2D eigenvalue weighted by molar-refractivity contribution is 6.30. The molecular formula is C24H22ClN7O. The summed E-state index contributed by atoms with van der Waals surface area (Å²) < 4.78 is 2.00. The Hall–Kier alpha value is -4.04. The van der Waals surface area contributed by atoms with Crippen molar-refractivity contribution in [2.75, 3.05) is 17.7 Å². The van der Waals surface area contributed by atoms with Crippen LogP contribution in [0.15, 0.2) is 60.9 Å². The molecule has 0 fully saturated rings. The predicted molar refractivity (Wildman–Crippen MR) is 133 cm³/mol. The molecule has 3 heterocycles. The molecule has 0 aliphatic heterocycles. The molecule has 9 heteroatoms. The van der Waals surface area contributed by atoms with Gasteiger partial charge in [-0.2, -0.15) is 0 Å². The maximum absolute atomic E-state index is 12.3. The topological polar surface area (TPSA) is 99.7 Å². The highest BCUT2D eigenvalue weighted by Gasteiger charge is 2.15. The third-order valence-electron chi connectivity index (χ3n) is 5.47. The Morgan fingerprint density at radius 2 is 1.97 bits per heavy atom. The number of H-pyrrole nitrogens is 1. The zero-order valence-corrected chi connectivity index (χ0v) is 18.9. The molecule has 2 amide bonds. The first-order valence-corrected chi connectivity index (χ1v) is 10.8. The number of imidazole rings is 1. The van der Waals surface area contributed by atoms with Crippen molar-refractivity contribution in [2.24, 2.45) is 7.05 Å². The fourth-order valence-corrected chi connectivity index (χ4v) is 3.99. The van der Waals surface area contributed by atoms with Crippen LogP contribution in [0.3, 0.4) is 0 Å². The summed E-state index contributed by atoms with van der Waals surface area (Å²) in [5, 5.41) is 10.4.